The van der Waals surface area contributed by atoms with E-state index in [9.17, 15) is 13.2 Å². The van der Waals surface area contributed by atoms with Gasteiger partial charge in [0.15, 0.2) is 0 Å². The Morgan fingerprint density at radius 2 is 1.86 bits per heavy atom. The molecule has 1 amide bonds. The average Bonchev–Trinajstić information content (AvgIpc) is 3.09. The minimum Gasteiger partial charge on any atom is -0.325 e. The molecule has 2 aromatic carbocycles. The topological polar surface area (TPSA) is 133 Å². The first-order chi connectivity index (χ1) is 13.3. The second-order valence-electron chi connectivity index (χ2n) is 5.98. The highest BCUT2D eigenvalue weighted by Gasteiger charge is 2.20. The van der Waals surface area contributed by atoms with Crippen LogP contribution in [0.3, 0.4) is 0 Å². The highest BCUT2D eigenvalue weighted by molar-refractivity contribution is 8.00. The Bertz CT molecular complexity index is 1100. The summed E-state index contributed by atoms with van der Waals surface area (Å²) in [6, 6.07) is 13.3. The lowest BCUT2D eigenvalue weighted by atomic mass is 10.2. The number of anilines is 1. The maximum atomic E-state index is 12.5. The molecule has 0 aliphatic heterocycles. The SMILES string of the molecule is Cc1ccccc1-n1nnnc1S[C@H](C)C(=O)Nc1ccc(S(N)(=O)=O)cc1. The number of hydrogen-bond acceptors (Lipinski definition) is 7. The van der Waals surface area contributed by atoms with Crippen molar-refractivity contribution in [3.05, 3.63) is 54.1 Å². The number of nitrogens with one attached hydrogen (secondary N) is 1. The molecule has 0 spiro atoms. The van der Waals surface area contributed by atoms with Gasteiger partial charge in [-0.05, 0) is 60.2 Å². The first kappa shape index (κ1) is 20.0. The highest BCUT2D eigenvalue weighted by atomic mass is 32.2. The second-order valence-corrected chi connectivity index (χ2v) is 8.85. The zero-order chi connectivity index (χ0) is 20.3. The molecule has 3 aromatic rings. The Kier molecular flexibility index (Phi) is 5.77. The van der Waals surface area contributed by atoms with Gasteiger partial charge in [0.05, 0.1) is 15.8 Å². The van der Waals surface area contributed by atoms with Crippen molar-refractivity contribution in [2.45, 2.75) is 29.1 Å². The van der Waals surface area contributed by atoms with Gasteiger partial charge in [-0.1, -0.05) is 30.0 Å². The van der Waals surface area contributed by atoms with Crippen LogP contribution in [-0.4, -0.2) is 39.8 Å². The van der Waals surface area contributed by atoms with E-state index >= 15 is 0 Å². The molecule has 11 heteroatoms. The minimum absolute atomic E-state index is 0.0228. The lowest BCUT2D eigenvalue weighted by Gasteiger charge is -2.12. The highest BCUT2D eigenvalue weighted by Crippen LogP contribution is 2.25. The predicted octanol–water partition coefficient (Wildman–Crippen LogP) is 1.74. The Morgan fingerprint density at radius 3 is 2.50 bits per heavy atom. The van der Waals surface area contributed by atoms with E-state index in [0.29, 0.717) is 10.8 Å². The Labute approximate surface area is 166 Å². The normalized spacial score (nSPS) is 12.5. The fourth-order valence-corrected chi connectivity index (χ4v) is 3.70. The standard InChI is InChI=1S/C17H18N6O3S2/c1-11-5-3-4-6-15(11)23-17(20-21-22-23)27-12(2)16(24)19-13-7-9-14(10-8-13)28(18,25)26/h3-10,12H,1-2H3,(H,19,24)(H2,18,25,26)/t12-/m1/s1. The number of thioether (sulfide) groups is 1. The average molecular weight is 419 g/mol. The van der Waals surface area contributed by atoms with Gasteiger partial charge in [-0.3, -0.25) is 4.79 Å². The van der Waals surface area contributed by atoms with E-state index in [1.54, 1.807) is 11.6 Å². The summed E-state index contributed by atoms with van der Waals surface area (Å²) in [6.45, 7) is 3.68. The monoisotopic (exact) mass is 418 g/mol. The number of primary sulfonamides is 1. The molecule has 0 unspecified atom stereocenters. The zero-order valence-corrected chi connectivity index (χ0v) is 16.7. The third-order valence-electron chi connectivity index (χ3n) is 3.89. The number of aromatic nitrogens is 4. The molecule has 0 fully saturated rings. The maximum absolute atomic E-state index is 12.5. The van der Waals surface area contributed by atoms with Crippen molar-refractivity contribution >= 4 is 33.4 Å². The molecule has 28 heavy (non-hydrogen) atoms. The second kappa shape index (κ2) is 8.09. The van der Waals surface area contributed by atoms with Crippen LogP contribution in [0, 0.1) is 6.92 Å². The van der Waals surface area contributed by atoms with Crippen LogP contribution in [-0.2, 0) is 14.8 Å². The lowest BCUT2D eigenvalue weighted by Crippen LogP contribution is -2.23. The largest absolute Gasteiger partial charge is 0.325 e. The number of nitrogens with two attached hydrogens (primary N) is 1. The molecule has 0 radical (unpaired) electrons. The van der Waals surface area contributed by atoms with Crippen LogP contribution in [0.4, 0.5) is 5.69 Å². The third-order valence-corrected chi connectivity index (χ3v) is 5.85. The van der Waals surface area contributed by atoms with Gasteiger partial charge < -0.3 is 5.32 Å². The molecule has 9 nitrogen and oxygen atoms in total. The van der Waals surface area contributed by atoms with Crippen molar-refractivity contribution < 1.29 is 13.2 Å². The quantitative estimate of drug-likeness (QED) is 0.583. The number of tetrazole rings is 1. The van der Waals surface area contributed by atoms with Crippen molar-refractivity contribution in [3.63, 3.8) is 0 Å². The van der Waals surface area contributed by atoms with Gasteiger partial charge in [-0.2, -0.15) is 4.68 Å². The predicted molar refractivity (Wildman–Crippen MR) is 106 cm³/mol. The summed E-state index contributed by atoms with van der Waals surface area (Å²) in [4.78, 5) is 12.5. The molecule has 3 rings (SSSR count). The number of para-hydroxylation sites is 1. The molecule has 0 aliphatic rings. The van der Waals surface area contributed by atoms with Gasteiger partial charge in [-0.25, -0.2) is 13.6 Å². The van der Waals surface area contributed by atoms with Crippen LogP contribution < -0.4 is 10.5 Å². The summed E-state index contributed by atoms with van der Waals surface area (Å²) >= 11 is 1.21. The van der Waals surface area contributed by atoms with Gasteiger partial charge >= 0.3 is 0 Å². The van der Waals surface area contributed by atoms with E-state index in [-0.39, 0.29) is 10.8 Å². The van der Waals surface area contributed by atoms with E-state index in [0.717, 1.165) is 11.3 Å². The van der Waals surface area contributed by atoms with Crippen molar-refractivity contribution in [3.8, 4) is 5.69 Å². The lowest BCUT2D eigenvalue weighted by molar-refractivity contribution is -0.115. The summed E-state index contributed by atoms with van der Waals surface area (Å²) < 4.78 is 24.2. The molecule has 0 aliphatic carbocycles. The van der Waals surface area contributed by atoms with Crippen molar-refractivity contribution in [1.29, 1.82) is 0 Å². The summed E-state index contributed by atoms with van der Waals surface area (Å²) in [5.74, 6) is -0.271. The van der Waals surface area contributed by atoms with E-state index < -0.39 is 15.3 Å². The number of sulfonamides is 1. The summed E-state index contributed by atoms with van der Waals surface area (Å²) in [5.41, 5.74) is 2.30. The number of aryl methyl sites for hydroxylation is 1. The molecular weight excluding hydrogens is 400 g/mol. The van der Waals surface area contributed by atoms with Crippen LogP contribution in [0.5, 0.6) is 0 Å². The summed E-state index contributed by atoms with van der Waals surface area (Å²) in [7, 11) is -3.78. The van der Waals surface area contributed by atoms with Crippen molar-refractivity contribution in [1.82, 2.24) is 20.2 Å². The maximum Gasteiger partial charge on any atom is 0.238 e. The minimum atomic E-state index is -3.78. The fraction of sp³-hybridized carbons (Fsp3) is 0.176. The zero-order valence-electron chi connectivity index (χ0n) is 15.1. The summed E-state index contributed by atoms with van der Waals surface area (Å²) in [5, 5.41) is 19.5. The molecule has 1 atom stereocenters. The number of carbonyl (C=O) groups excluding carboxylic acids is 1. The number of hydrogen-bond donors (Lipinski definition) is 2. The van der Waals surface area contributed by atoms with Crippen LogP contribution >= 0.6 is 11.8 Å². The summed E-state index contributed by atoms with van der Waals surface area (Å²) in [6.07, 6.45) is 0. The number of benzene rings is 2. The van der Waals surface area contributed by atoms with E-state index in [1.165, 1.54) is 36.0 Å². The van der Waals surface area contributed by atoms with Crippen LogP contribution in [0.1, 0.15) is 12.5 Å². The molecule has 1 heterocycles. The molecule has 3 N–H and O–H groups in total. The van der Waals surface area contributed by atoms with Crippen LogP contribution in [0.25, 0.3) is 5.69 Å². The molecule has 0 saturated carbocycles. The fourth-order valence-electron chi connectivity index (χ4n) is 2.39. The van der Waals surface area contributed by atoms with Crippen molar-refractivity contribution in [2.24, 2.45) is 5.14 Å². The first-order valence-corrected chi connectivity index (χ1v) is 10.6. The van der Waals surface area contributed by atoms with Crippen LogP contribution in [0.15, 0.2) is 58.6 Å². The smallest absolute Gasteiger partial charge is 0.238 e. The van der Waals surface area contributed by atoms with Gasteiger partial charge in [0.25, 0.3) is 0 Å². The first-order valence-electron chi connectivity index (χ1n) is 8.20. The Balaban J connectivity index is 1.70. The molecular formula is C17H18N6O3S2. The Morgan fingerprint density at radius 1 is 1.18 bits per heavy atom. The number of rotatable bonds is 6. The molecule has 1 aromatic heterocycles. The van der Waals surface area contributed by atoms with Gasteiger partial charge in [0, 0.05) is 5.69 Å². The number of nitrogens with zero attached hydrogens (tertiary/aromatic N) is 4. The van der Waals surface area contributed by atoms with Gasteiger partial charge in [0.1, 0.15) is 0 Å². The molecule has 146 valence electrons. The number of amides is 1. The van der Waals surface area contributed by atoms with E-state index in [1.807, 2.05) is 31.2 Å². The third kappa shape index (κ3) is 4.55. The Hall–Kier alpha value is -2.76. The van der Waals surface area contributed by atoms with E-state index in [4.69, 9.17) is 5.14 Å². The van der Waals surface area contributed by atoms with Gasteiger partial charge in [-0.15, -0.1) is 5.10 Å². The molecule has 0 bridgehead atoms. The number of carbonyl (C=O) groups is 1. The van der Waals surface area contributed by atoms with E-state index in [2.05, 4.69) is 20.8 Å². The molecule has 0 saturated heterocycles. The van der Waals surface area contributed by atoms with Crippen LogP contribution in [0.2, 0.25) is 0 Å². The van der Waals surface area contributed by atoms with Crippen molar-refractivity contribution in [2.75, 3.05) is 5.32 Å². The van der Waals surface area contributed by atoms with Gasteiger partial charge in [0.2, 0.25) is 21.1 Å².